The minimum Gasteiger partial charge on any atom is -0.355 e. The van der Waals surface area contributed by atoms with E-state index >= 15 is 0 Å². The standard InChI is InChI=1S/C11H13NO/c1-7-4-5-8(2)10-9(7)6-12-11(10)13-3/h4-6,11H,1-3H3. The predicted molar refractivity (Wildman–Crippen MR) is 53.3 cm³/mol. The SMILES string of the molecule is COC1N=Cc2c(C)ccc(C)c21. The highest BCUT2D eigenvalue weighted by Gasteiger charge is 2.21. The summed E-state index contributed by atoms with van der Waals surface area (Å²) in [6.07, 6.45) is 1.82. The maximum atomic E-state index is 5.28. The molecule has 0 amide bonds. The van der Waals surface area contributed by atoms with Crippen molar-refractivity contribution in [1.82, 2.24) is 0 Å². The number of nitrogens with zero attached hydrogens (tertiary/aromatic N) is 1. The van der Waals surface area contributed by atoms with Gasteiger partial charge >= 0.3 is 0 Å². The third kappa shape index (κ3) is 1.18. The molecule has 0 fully saturated rings. The molecule has 1 heterocycles. The topological polar surface area (TPSA) is 21.6 Å². The molecule has 1 aliphatic heterocycles. The average molecular weight is 175 g/mol. The zero-order valence-electron chi connectivity index (χ0n) is 8.16. The Labute approximate surface area is 78.3 Å². The molecule has 68 valence electrons. The van der Waals surface area contributed by atoms with Crippen molar-refractivity contribution >= 4 is 6.21 Å². The first-order chi connectivity index (χ1) is 6.24. The van der Waals surface area contributed by atoms with Gasteiger partial charge in [0.1, 0.15) is 0 Å². The van der Waals surface area contributed by atoms with E-state index in [2.05, 4.69) is 31.0 Å². The lowest BCUT2D eigenvalue weighted by Gasteiger charge is -2.11. The fourth-order valence-electron chi connectivity index (χ4n) is 1.75. The Balaban J connectivity index is 2.61. The third-order valence-corrected chi connectivity index (χ3v) is 2.53. The molecule has 1 atom stereocenters. The van der Waals surface area contributed by atoms with Crippen LogP contribution in [0.25, 0.3) is 0 Å². The van der Waals surface area contributed by atoms with E-state index in [1.165, 1.54) is 22.3 Å². The number of hydrogen-bond acceptors (Lipinski definition) is 2. The van der Waals surface area contributed by atoms with Gasteiger partial charge in [0.25, 0.3) is 0 Å². The van der Waals surface area contributed by atoms with E-state index in [1.807, 2.05) is 6.21 Å². The quantitative estimate of drug-likeness (QED) is 0.642. The van der Waals surface area contributed by atoms with Gasteiger partial charge in [-0.15, -0.1) is 0 Å². The minimum absolute atomic E-state index is 0.0881. The van der Waals surface area contributed by atoms with Crippen molar-refractivity contribution in [2.45, 2.75) is 20.1 Å². The van der Waals surface area contributed by atoms with Gasteiger partial charge in [0, 0.05) is 24.5 Å². The van der Waals surface area contributed by atoms with Crippen molar-refractivity contribution in [3.8, 4) is 0 Å². The number of rotatable bonds is 1. The van der Waals surface area contributed by atoms with Gasteiger partial charge in [-0.05, 0) is 25.0 Å². The summed E-state index contributed by atoms with van der Waals surface area (Å²) in [6.45, 7) is 4.20. The van der Waals surface area contributed by atoms with Crippen molar-refractivity contribution in [1.29, 1.82) is 0 Å². The second-order valence-corrected chi connectivity index (χ2v) is 3.39. The highest BCUT2D eigenvalue weighted by Crippen LogP contribution is 2.31. The van der Waals surface area contributed by atoms with E-state index in [1.54, 1.807) is 7.11 Å². The Hall–Kier alpha value is -1.15. The van der Waals surface area contributed by atoms with Crippen LogP contribution >= 0.6 is 0 Å². The summed E-state index contributed by atoms with van der Waals surface area (Å²) >= 11 is 0. The van der Waals surface area contributed by atoms with E-state index in [0.29, 0.717) is 0 Å². The second-order valence-electron chi connectivity index (χ2n) is 3.39. The molecule has 2 heteroatoms. The van der Waals surface area contributed by atoms with Gasteiger partial charge in [-0.2, -0.15) is 0 Å². The Morgan fingerprint density at radius 3 is 2.62 bits per heavy atom. The zero-order chi connectivity index (χ0) is 9.42. The molecule has 0 saturated heterocycles. The van der Waals surface area contributed by atoms with Crippen LogP contribution in [0.1, 0.15) is 28.5 Å². The molecule has 0 spiro atoms. The van der Waals surface area contributed by atoms with Crippen molar-refractivity contribution < 1.29 is 4.74 Å². The number of hydrogen-bond donors (Lipinski definition) is 0. The van der Waals surface area contributed by atoms with Crippen molar-refractivity contribution in [2.24, 2.45) is 4.99 Å². The van der Waals surface area contributed by atoms with E-state index in [4.69, 9.17) is 4.74 Å². The molecule has 0 radical (unpaired) electrons. The van der Waals surface area contributed by atoms with Crippen LogP contribution in [-0.4, -0.2) is 13.3 Å². The first kappa shape index (κ1) is 8.45. The summed E-state index contributed by atoms with van der Waals surface area (Å²) in [5, 5.41) is 0. The van der Waals surface area contributed by atoms with Gasteiger partial charge < -0.3 is 4.74 Å². The average Bonchev–Trinajstić information content (AvgIpc) is 2.56. The molecule has 13 heavy (non-hydrogen) atoms. The Morgan fingerprint density at radius 1 is 1.23 bits per heavy atom. The summed E-state index contributed by atoms with van der Waals surface area (Å²) < 4.78 is 5.28. The fourth-order valence-corrected chi connectivity index (χ4v) is 1.75. The molecule has 0 aliphatic carbocycles. The maximum Gasteiger partial charge on any atom is 0.174 e. The number of aliphatic imine (C=N–C) groups is 1. The van der Waals surface area contributed by atoms with Crippen LogP contribution in [0, 0.1) is 13.8 Å². The summed E-state index contributed by atoms with van der Waals surface area (Å²) in [4.78, 5) is 4.30. The van der Waals surface area contributed by atoms with Gasteiger partial charge in [0.05, 0.1) is 0 Å². The molecular formula is C11H13NO. The number of benzene rings is 1. The lowest BCUT2D eigenvalue weighted by atomic mass is 9.99. The molecule has 0 N–H and O–H groups in total. The maximum absolute atomic E-state index is 5.28. The van der Waals surface area contributed by atoms with Crippen molar-refractivity contribution in [3.05, 3.63) is 34.4 Å². The molecular weight excluding hydrogens is 162 g/mol. The number of aryl methyl sites for hydroxylation is 2. The monoisotopic (exact) mass is 175 g/mol. The Bertz CT molecular complexity index is 369. The van der Waals surface area contributed by atoms with Crippen LogP contribution in [0.3, 0.4) is 0 Å². The summed E-state index contributed by atoms with van der Waals surface area (Å²) in [6, 6.07) is 4.24. The molecule has 1 aromatic carbocycles. The van der Waals surface area contributed by atoms with Crippen LogP contribution in [-0.2, 0) is 4.74 Å². The first-order valence-corrected chi connectivity index (χ1v) is 4.40. The number of fused-ring (bicyclic) bond motifs is 1. The summed E-state index contributed by atoms with van der Waals surface area (Å²) in [5.41, 5.74) is 4.98. The Kier molecular flexibility index (Phi) is 1.93. The van der Waals surface area contributed by atoms with Crippen LogP contribution in [0.5, 0.6) is 0 Å². The van der Waals surface area contributed by atoms with Crippen LogP contribution < -0.4 is 0 Å². The van der Waals surface area contributed by atoms with E-state index in [9.17, 15) is 0 Å². The van der Waals surface area contributed by atoms with Crippen molar-refractivity contribution in [3.63, 3.8) is 0 Å². The van der Waals surface area contributed by atoms with Gasteiger partial charge in [0.15, 0.2) is 6.23 Å². The molecule has 0 saturated carbocycles. The number of ether oxygens (including phenoxy) is 1. The largest absolute Gasteiger partial charge is 0.355 e. The first-order valence-electron chi connectivity index (χ1n) is 4.40. The fraction of sp³-hybridized carbons (Fsp3) is 0.364. The predicted octanol–water partition coefficient (Wildman–Crippen LogP) is 2.38. The van der Waals surface area contributed by atoms with Gasteiger partial charge in [0.2, 0.25) is 0 Å². The Morgan fingerprint density at radius 2 is 1.92 bits per heavy atom. The second kappa shape index (κ2) is 2.96. The zero-order valence-corrected chi connectivity index (χ0v) is 8.16. The van der Waals surface area contributed by atoms with Gasteiger partial charge in [-0.3, -0.25) is 4.99 Å². The van der Waals surface area contributed by atoms with E-state index in [0.717, 1.165) is 0 Å². The molecule has 2 nitrogen and oxygen atoms in total. The minimum atomic E-state index is -0.0881. The third-order valence-electron chi connectivity index (χ3n) is 2.53. The van der Waals surface area contributed by atoms with Crippen LogP contribution in [0.2, 0.25) is 0 Å². The molecule has 0 bridgehead atoms. The van der Waals surface area contributed by atoms with Crippen LogP contribution in [0.15, 0.2) is 17.1 Å². The normalized spacial score (nSPS) is 19.2. The number of methoxy groups -OCH3 is 1. The summed E-state index contributed by atoms with van der Waals surface area (Å²) in [5.74, 6) is 0. The highest BCUT2D eigenvalue weighted by atomic mass is 16.5. The van der Waals surface area contributed by atoms with E-state index < -0.39 is 0 Å². The van der Waals surface area contributed by atoms with Crippen molar-refractivity contribution in [2.75, 3.05) is 7.11 Å². The van der Waals surface area contributed by atoms with Crippen LogP contribution in [0.4, 0.5) is 0 Å². The lowest BCUT2D eigenvalue weighted by Crippen LogP contribution is -1.99. The molecule has 1 aliphatic rings. The summed E-state index contributed by atoms with van der Waals surface area (Å²) in [7, 11) is 1.69. The lowest BCUT2D eigenvalue weighted by molar-refractivity contribution is 0.114. The molecule has 0 aromatic heterocycles. The molecule has 2 rings (SSSR count). The highest BCUT2D eigenvalue weighted by molar-refractivity contribution is 5.87. The van der Waals surface area contributed by atoms with Gasteiger partial charge in [-0.1, -0.05) is 12.1 Å². The molecule has 1 unspecified atom stereocenters. The molecule has 1 aromatic rings. The van der Waals surface area contributed by atoms with E-state index in [-0.39, 0.29) is 6.23 Å². The van der Waals surface area contributed by atoms with Gasteiger partial charge in [-0.25, -0.2) is 0 Å². The smallest absolute Gasteiger partial charge is 0.174 e.